The predicted octanol–water partition coefficient (Wildman–Crippen LogP) is 3.59. The van der Waals surface area contributed by atoms with Crippen molar-refractivity contribution in [3.05, 3.63) is 29.3 Å². The molecule has 0 saturated heterocycles. The molecule has 0 radical (unpaired) electrons. The van der Waals surface area contributed by atoms with Crippen LogP contribution in [-0.2, 0) is 0 Å². The molecule has 1 atom stereocenters. The molecule has 0 heterocycles. The van der Waals surface area contributed by atoms with Crippen LogP contribution in [0.25, 0.3) is 0 Å². The number of benzene rings is 1. The van der Waals surface area contributed by atoms with E-state index in [9.17, 15) is 0 Å². The first kappa shape index (κ1) is 10.7. The molecule has 3 heteroatoms. The Kier molecular flexibility index (Phi) is 4.40. The molecule has 1 rings (SSSR count). The monoisotopic (exact) mass is 218 g/mol. The fourth-order valence-corrected chi connectivity index (χ4v) is 1.12. The normalized spacial score (nSPS) is 12.5. The maximum atomic E-state index is 5.89. The number of hydrogen-bond acceptors (Lipinski definition) is 1. The Bertz CT molecular complexity index is 263. The average molecular weight is 219 g/mol. The number of ether oxygens (including phenoxy) is 1. The van der Waals surface area contributed by atoms with Crippen molar-refractivity contribution in [3.8, 4) is 5.75 Å². The zero-order valence-electron chi connectivity index (χ0n) is 7.47. The predicted molar refractivity (Wildman–Crippen MR) is 56.8 cm³/mol. The Morgan fingerprint density at radius 2 is 2.08 bits per heavy atom. The summed E-state index contributed by atoms with van der Waals surface area (Å²) >= 11 is 11.5. The summed E-state index contributed by atoms with van der Waals surface area (Å²) in [7, 11) is 0. The summed E-state index contributed by atoms with van der Waals surface area (Å²) in [5.74, 6) is 1.67. The van der Waals surface area contributed by atoms with Crippen molar-refractivity contribution >= 4 is 23.2 Å². The van der Waals surface area contributed by atoms with Crippen molar-refractivity contribution in [1.29, 1.82) is 0 Å². The Balaban J connectivity index is 2.50. The number of rotatable bonds is 4. The van der Waals surface area contributed by atoms with Gasteiger partial charge in [-0.3, -0.25) is 0 Å². The molecule has 0 aliphatic carbocycles. The van der Waals surface area contributed by atoms with Gasteiger partial charge in [-0.1, -0.05) is 30.7 Å². The molecule has 0 saturated carbocycles. The van der Waals surface area contributed by atoms with E-state index in [1.54, 1.807) is 0 Å². The third-order valence-corrected chi connectivity index (χ3v) is 2.46. The van der Waals surface area contributed by atoms with E-state index in [0.717, 1.165) is 5.75 Å². The summed E-state index contributed by atoms with van der Waals surface area (Å²) in [5.41, 5.74) is 0. The van der Waals surface area contributed by atoms with E-state index in [0.29, 0.717) is 23.4 Å². The second kappa shape index (κ2) is 5.36. The number of halogens is 2. The van der Waals surface area contributed by atoms with Gasteiger partial charge in [0.2, 0.25) is 0 Å². The van der Waals surface area contributed by atoms with Crippen molar-refractivity contribution in [1.82, 2.24) is 0 Å². The van der Waals surface area contributed by atoms with E-state index in [2.05, 4.69) is 0 Å². The van der Waals surface area contributed by atoms with Crippen molar-refractivity contribution in [2.24, 2.45) is 5.92 Å². The minimum atomic E-state index is 0.345. The van der Waals surface area contributed by atoms with Crippen LogP contribution < -0.4 is 4.74 Å². The highest BCUT2D eigenvalue weighted by Crippen LogP contribution is 2.23. The first-order valence-electron chi connectivity index (χ1n) is 4.17. The van der Waals surface area contributed by atoms with Crippen LogP contribution in [0.5, 0.6) is 5.75 Å². The first-order chi connectivity index (χ1) is 6.24. The molecule has 0 spiro atoms. The number of para-hydroxylation sites is 1. The number of hydrogen-bond donors (Lipinski definition) is 0. The second-order valence-corrected chi connectivity index (χ2v) is 3.72. The largest absolute Gasteiger partial charge is 0.492 e. The maximum absolute atomic E-state index is 5.89. The summed E-state index contributed by atoms with van der Waals surface area (Å²) in [5, 5.41) is 0.643. The Morgan fingerprint density at radius 1 is 1.38 bits per heavy atom. The Labute approximate surface area is 88.6 Å². The molecule has 0 aliphatic heterocycles. The summed E-state index contributed by atoms with van der Waals surface area (Å²) in [4.78, 5) is 0. The molecular formula is C10H12Cl2O. The molecular weight excluding hydrogens is 207 g/mol. The van der Waals surface area contributed by atoms with Gasteiger partial charge in [0.05, 0.1) is 11.6 Å². The molecule has 0 amide bonds. The first-order valence-corrected chi connectivity index (χ1v) is 5.08. The van der Waals surface area contributed by atoms with Gasteiger partial charge in [-0.2, -0.15) is 0 Å². The van der Waals surface area contributed by atoms with Gasteiger partial charge in [-0.25, -0.2) is 0 Å². The van der Waals surface area contributed by atoms with Gasteiger partial charge in [0.25, 0.3) is 0 Å². The highest BCUT2D eigenvalue weighted by atomic mass is 35.5. The van der Waals surface area contributed by atoms with Crippen molar-refractivity contribution in [3.63, 3.8) is 0 Å². The fourth-order valence-electron chi connectivity index (χ4n) is 0.838. The molecule has 0 bridgehead atoms. The van der Waals surface area contributed by atoms with Crippen LogP contribution in [0.3, 0.4) is 0 Å². The molecule has 0 aliphatic rings. The second-order valence-electron chi connectivity index (χ2n) is 3.00. The molecule has 0 unspecified atom stereocenters. The molecule has 13 heavy (non-hydrogen) atoms. The van der Waals surface area contributed by atoms with Crippen LogP contribution in [0.15, 0.2) is 24.3 Å². The highest BCUT2D eigenvalue weighted by Gasteiger charge is 2.03. The lowest BCUT2D eigenvalue weighted by Gasteiger charge is -2.10. The van der Waals surface area contributed by atoms with Gasteiger partial charge in [0.15, 0.2) is 0 Å². The Morgan fingerprint density at radius 3 is 2.69 bits per heavy atom. The van der Waals surface area contributed by atoms with Gasteiger partial charge in [0.1, 0.15) is 5.75 Å². The topological polar surface area (TPSA) is 9.23 Å². The van der Waals surface area contributed by atoms with Crippen molar-refractivity contribution < 1.29 is 4.74 Å². The van der Waals surface area contributed by atoms with Gasteiger partial charge >= 0.3 is 0 Å². The van der Waals surface area contributed by atoms with Crippen molar-refractivity contribution in [2.75, 3.05) is 12.5 Å². The average Bonchev–Trinajstić information content (AvgIpc) is 2.16. The zero-order chi connectivity index (χ0) is 9.68. The van der Waals surface area contributed by atoms with E-state index >= 15 is 0 Å². The third kappa shape index (κ3) is 3.45. The van der Waals surface area contributed by atoms with Crippen LogP contribution >= 0.6 is 23.2 Å². The van der Waals surface area contributed by atoms with E-state index in [-0.39, 0.29) is 0 Å². The maximum Gasteiger partial charge on any atom is 0.137 e. The molecule has 0 fully saturated rings. The minimum Gasteiger partial charge on any atom is -0.492 e. The van der Waals surface area contributed by atoms with Crippen LogP contribution in [0, 0.1) is 5.92 Å². The van der Waals surface area contributed by atoms with Gasteiger partial charge in [-0.05, 0) is 12.1 Å². The van der Waals surface area contributed by atoms with Gasteiger partial charge in [0, 0.05) is 11.8 Å². The summed E-state index contributed by atoms with van der Waals surface area (Å²) in [6, 6.07) is 7.43. The Hall–Kier alpha value is -0.400. The van der Waals surface area contributed by atoms with Gasteiger partial charge < -0.3 is 4.74 Å². The summed E-state index contributed by atoms with van der Waals surface area (Å²) in [6.07, 6.45) is 0. The lowest BCUT2D eigenvalue weighted by molar-refractivity contribution is 0.273. The van der Waals surface area contributed by atoms with E-state index in [1.165, 1.54) is 0 Å². The van der Waals surface area contributed by atoms with Crippen LogP contribution in [-0.4, -0.2) is 12.5 Å². The smallest absolute Gasteiger partial charge is 0.137 e. The third-order valence-electron chi connectivity index (χ3n) is 1.62. The van der Waals surface area contributed by atoms with E-state index < -0.39 is 0 Å². The lowest BCUT2D eigenvalue weighted by Crippen LogP contribution is -2.09. The molecule has 1 aromatic carbocycles. The highest BCUT2D eigenvalue weighted by molar-refractivity contribution is 6.32. The number of alkyl halides is 1. The molecule has 0 aromatic heterocycles. The van der Waals surface area contributed by atoms with Crippen LogP contribution in [0.2, 0.25) is 5.02 Å². The minimum absolute atomic E-state index is 0.345. The summed E-state index contributed by atoms with van der Waals surface area (Å²) < 4.78 is 5.47. The molecule has 72 valence electrons. The van der Waals surface area contributed by atoms with E-state index in [1.807, 2.05) is 31.2 Å². The molecule has 0 N–H and O–H groups in total. The fraction of sp³-hybridized carbons (Fsp3) is 0.400. The van der Waals surface area contributed by atoms with Crippen LogP contribution in [0.1, 0.15) is 6.92 Å². The van der Waals surface area contributed by atoms with Gasteiger partial charge in [-0.15, -0.1) is 11.6 Å². The summed E-state index contributed by atoms with van der Waals surface area (Å²) in [6.45, 7) is 2.64. The molecule has 1 nitrogen and oxygen atoms in total. The molecule has 1 aromatic rings. The zero-order valence-corrected chi connectivity index (χ0v) is 8.98. The SMILES string of the molecule is C[C@H](CCl)COc1ccccc1Cl. The van der Waals surface area contributed by atoms with E-state index in [4.69, 9.17) is 27.9 Å². The van der Waals surface area contributed by atoms with Crippen molar-refractivity contribution in [2.45, 2.75) is 6.92 Å². The van der Waals surface area contributed by atoms with Crippen LogP contribution in [0.4, 0.5) is 0 Å². The lowest BCUT2D eigenvalue weighted by atomic mass is 10.2. The quantitative estimate of drug-likeness (QED) is 0.703. The standard InChI is InChI=1S/C10H12Cl2O/c1-8(6-11)7-13-10-5-3-2-4-9(10)12/h2-5,8H,6-7H2,1H3/t8-/m1/s1.